The molecule has 0 aliphatic carbocycles. The van der Waals surface area contributed by atoms with E-state index < -0.39 is 29.4 Å². The SMILES string of the molecule is CC(=O)N1C(=O)N(C)C(=O)[C@]12N=NC[C@@H]2C#N. The lowest BCUT2D eigenvalue weighted by Gasteiger charge is -2.26. The van der Waals surface area contributed by atoms with E-state index in [2.05, 4.69) is 10.2 Å². The van der Waals surface area contributed by atoms with E-state index in [4.69, 9.17) is 5.26 Å². The number of imide groups is 2. The second-order valence-corrected chi connectivity index (χ2v) is 3.83. The first-order valence-corrected chi connectivity index (χ1v) is 4.88. The molecule has 17 heavy (non-hydrogen) atoms. The Labute approximate surface area is 96.5 Å². The lowest BCUT2D eigenvalue weighted by molar-refractivity contribution is -0.140. The van der Waals surface area contributed by atoms with Crippen LogP contribution in [0.3, 0.4) is 0 Å². The summed E-state index contributed by atoms with van der Waals surface area (Å²) in [6, 6.07) is 1.10. The normalized spacial score (nSPS) is 31.5. The number of carbonyl (C=O) groups is 3. The molecule has 0 aromatic heterocycles. The first kappa shape index (κ1) is 11.2. The Kier molecular flexibility index (Phi) is 2.20. The fraction of sp³-hybridized carbons (Fsp3) is 0.556. The maximum Gasteiger partial charge on any atom is 0.335 e. The Hall–Kier alpha value is -2.30. The standard InChI is InChI=1S/C9H9N5O3/c1-5(15)14-8(17)13(2)7(16)9(14)6(3-10)4-11-12-9/h6H,4H2,1-2H3/t6-,9+/m0/s1. The minimum absolute atomic E-state index is 0.00708. The summed E-state index contributed by atoms with van der Waals surface area (Å²) in [4.78, 5) is 36.8. The molecule has 2 rings (SSSR count). The molecule has 0 N–H and O–H groups in total. The molecule has 1 spiro atoms. The number of nitriles is 1. The number of amides is 4. The van der Waals surface area contributed by atoms with Crippen LogP contribution in [0.5, 0.6) is 0 Å². The van der Waals surface area contributed by atoms with Crippen LogP contribution in [0.2, 0.25) is 0 Å². The predicted molar refractivity (Wildman–Crippen MR) is 52.2 cm³/mol. The molecule has 2 aliphatic heterocycles. The molecule has 2 atom stereocenters. The molecule has 88 valence electrons. The van der Waals surface area contributed by atoms with Gasteiger partial charge in [-0.1, -0.05) is 0 Å². The molecule has 0 bridgehead atoms. The number of azo groups is 1. The summed E-state index contributed by atoms with van der Waals surface area (Å²) in [5.74, 6) is -2.24. The van der Waals surface area contributed by atoms with Gasteiger partial charge in [0.1, 0.15) is 5.92 Å². The summed E-state index contributed by atoms with van der Waals surface area (Å²) in [5.41, 5.74) is -1.79. The Morgan fingerprint density at radius 2 is 2.24 bits per heavy atom. The number of likely N-dealkylation sites (N-methyl/N-ethyl adjacent to an activating group) is 1. The number of nitrogens with zero attached hydrogens (tertiary/aromatic N) is 5. The molecule has 1 fully saturated rings. The van der Waals surface area contributed by atoms with Gasteiger partial charge in [0.2, 0.25) is 5.91 Å². The minimum Gasteiger partial charge on any atom is -0.275 e. The molecule has 2 heterocycles. The van der Waals surface area contributed by atoms with Gasteiger partial charge in [-0.2, -0.15) is 15.5 Å². The van der Waals surface area contributed by atoms with Crippen LogP contribution < -0.4 is 0 Å². The zero-order valence-electron chi connectivity index (χ0n) is 9.25. The zero-order chi connectivity index (χ0) is 12.8. The highest BCUT2D eigenvalue weighted by atomic mass is 16.2. The molecule has 0 saturated carbocycles. The van der Waals surface area contributed by atoms with E-state index in [1.807, 2.05) is 6.07 Å². The number of carbonyl (C=O) groups excluding carboxylic acids is 3. The fourth-order valence-electron chi connectivity index (χ4n) is 2.05. The largest absolute Gasteiger partial charge is 0.335 e. The van der Waals surface area contributed by atoms with Gasteiger partial charge in [-0.3, -0.25) is 14.5 Å². The summed E-state index contributed by atoms with van der Waals surface area (Å²) in [7, 11) is 1.25. The van der Waals surface area contributed by atoms with Crippen molar-refractivity contribution in [3.05, 3.63) is 0 Å². The Bertz CT molecular complexity index is 493. The molecule has 0 radical (unpaired) electrons. The van der Waals surface area contributed by atoms with Crippen LogP contribution in [0.25, 0.3) is 0 Å². The second-order valence-electron chi connectivity index (χ2n) is 3.83. The van der Waals surface area contributed by atoms with Gasteiger partial charge in [0.05, 0.1) is 12.6 Å². The van der Waals surface area contributed by atoms with Crippen LogP contribution in [0.15, 0.2) is 10.2 Å². The van der Waals surface area contributed by atoms with E-state index >= 15 is 0 Å². The summed E-state index contributed by atoms with van der Waals surface area (Å²) in [6.45, 7) is 1.15. The van der Waals surface area contributed by atoms with Gasteiger partial charge in [-0.15, -0.1) is 0 Å². The molecule has 4 amide bonds. The van der Waals surface area contributed by atoms with Crippen LogP contribution in [0.1, 0.15) is 6.92 Å². The van der Waals surface area contributed by atoms with Crippen molar-refractivity contribution >= 4 is 17.8 Å². The lowest BCUT2D eigenvalue weighted by atomic mass is 9.94. The quantitative estimate of drug-likeness (QED) is 0.538. The van der Waals surface area contributed by atoms with E-state index in [1.54, 1.807) is 0 Å². The maximum atomic E-state index is 12.0. The van der Waals surface area contributed by atoms with Crippen molar-refractivity contribution in [3.8, 4) is 6.07 Å². The third-order valence-corrected chi connectivity index (χ3v) is 2.88. The van der Waals surface area contributed by atoms with Crippen molar-refractivity contribution in [1.29, 1.82) is 5.26 Å². The monoisotopic (exact) mass is 235 g/mol. The average molecular weight is 235 g/mol. The van der Waals surface area contributed by atoms with E-state index in [-0.39, 0.29) is 6.54 Å². The van der Waals surface area contributed by atoms with Crippen molar-refractivity contribution in [2.45, 2.75) is 12.6 Å². The van der Waals surface area contributed by atoms with Crippen molar-refractivity contribution in [2.24, 2.45) is 16.1 Å². The maximum absolute atomic E-state index is 12.0. The smallest absolute Gasteiger partial charge is 0.275 e. The second kappa shape index (κ2) is 3.35. The number of rotatable bonds is 0. The molecule has 0 unspecified atom stereocenters. The van der Waals surface area contributed by atoms with Gasteiger partial charge in [0, 0.05) is 14.0 Å². The van der Waals surface area contributed by atoms with E-state index in [0.29, 0.717) is 4.90 Å². The van der Waals surface area contributed by atoms with Crippen LogP contribution in [0, 0.1) is 17.2 Å². The lowest BCUT2D eigenvalue weighted by Crippen LogP contribution is -2.53. The van der Waals surface area contributed by atoms with Crippen molar-refractivity contribution in [2.75, 3.05) is 13.6 Å². The third kappa shape index (κ3) is 1.13. The van der Waals surface area contributed by atoms with Crippen molar-refractivity contribution in [3.63, 3.8) is 0 Å². The summed E-state index contributed by atoms with van der Waals surface area (Å²) < 4.78 is 0. The van der Waals surface area contributed by atoms with E-state index in [1.165, 1.54) is 7.05 Å². The molecular formula is C9H9N5O3. The molecule has 8 heteroatoms. The Morgan fingerprint density at radius 3 is 2.76 bits per heavy atom. The highest BCUT2D eigenvalue weighted by Crippen LogP contribution is 2.39. The van der Waals surface area contributed by atoms with Gasteiger partial charge >= 0.3 is 6.03 Å². The van der Waals surface area contributed by atoms with Crippen molar-refractivity contribution in [1.82, 2.24) is 9.80 Å². The predicted octanol–water partition coefficient (Wildman–Crippen LogP) is -0.271. The molecule has 1 saturated heterocycles. The summed E-state index contributed by atoms with van der Waals surface area (Å²) >= 11 is 0. The third-order valence-electron chi connectivity index (χ3n) is 2.88. The molecule has 2 aliphatic rings. The highest BCUT2D eigenvalue weighted by Gasteiger charge is 2.65. The highest BCUT2D eigenvalue weighted by molar-refractivity contribution is 6.13. The van der Waals surface area contributed by atoms with Gasteiger partial charge in [0.25, 0.3) is 11.6 Å². The summed E-state index contributed by atoms with van der Waals surface area (Å²) in [6.07, 6.45) is 0. The van der Waals surface area contributed by atoms with Crippen LogP contribution >= 0.6 is 0 Å². The van der Waals surface area contributed by atoms with Crippen LogP contribution in [0.4, 0.5) is 4.79 Å². The van der Waals surface area contributed by atoms with Crippen LogP contribution in [-0.4, -0.2) is 46.9 Å². The molecule has 0 aromatic carbocycles. The zero-order valence-corrected chi connectivity index (χ0v) is 9.25. The summed E-state index contributed by atoms with van der Waals surface area (Å²) in [5, 5.41) is 16.3. The Morgan fingerprint density at radius 1 is 1.59 bits per heavy atom. The fourth-order valence-corrected chi connectivity index (χ4v) is 2.05. The molecule has 0 aromatic rings. The van der Waals surface area contributed by atoms with Crippen molar-refractivity contribution < 1.29 is 14.4 Å². The van der Waals surface area contributed by atoms with Gasteiger partial charge < -0.3 is 0 Å². The number of hydrogen-bond acceptors (Lipinski definition) is 6. The van der Waals surface area contributed by atoms with Gasteiger partial charge in [-0.25, -0.2) is 9.69 Å². The van der Waals surface area contributed by atoms with Gasteiger partial charge in [0.15, 0.2) is 0 Å². The number of urea groups is 1. The van der Waals surface area contributed by atoms with E-state index in [9.17, 15) is 14.4 Å². The molecular weight excluding hydrogens is 226 g/mol. The molecule has 8 nitrogen and oxygen atoms in total. The number of hydrogen-bond donors (Lipinski definition) is 0. The van der Waals surface area contributed by atoms with Gasteiger partial charge in [-0.05, 0) is 0 Å². The average Bonchev–Trinajstić information content (AvgIpc) is 2.77. The van der Waals surface area contributed by atoms with E-state index in [0.717, 1.165) is 11.8 Å². The topological polar surface area (TPSA) is 106 Å². The first-order chi connectivity index (χ1) is 7.96. The van der Waals surface area contributed by atoms with Crippen LogP contribution in [-0.2, 0) is 9.59 Å². The first-order valence-electron chi connectivity index (χ1n) is 4.88. The Balaban J connectivity index is 2.61. The minimum atomic E-state index is -1.79.